The van der Waals surface area contributed by atoms with E-state index >= 15 is 0 Å². The van der Waals surface area contributed by atoms with Crippen LogP contribution in [0, 0.1) is 0 Å². The van der Waals surface area contributed by atoms with Gasteiger partial charge in [0.1, 0.15) is 0 Å². The number of nitrogens with two attached hydrogens (primary N) is 1. The summed E-state index contributed by atoms with van der Waals surface area (Å²) in [6.07, 6.45) is 0. The van der Waals surface area contributed by atoms with Crippen LogP contribution in [-0.2, 0) is 0 Å². The lowest BCUT2D eigenvalue weighted by Crippen LogP contribution is -2.44. The summed E-state index contributed by atoms with van der Waals surface area (Å²) >= 11 is 0. The molecule has 92 valence electrons. The van der Waals surface area contributed by atoms with Gasteiger partial charge in [0, 0.05) is 38.9 Å². The van der Waals surface area contributed by atoms with E-state index in [1.807, 2.05) is 6.07 Å². The topological polar surface area (TPSA) is 70.4 Å². The van der Waals surface area contributed by atoms with Gasteiger partial charge in [-0.2, -0.15) is 0 Å². The van der Waals surface area contributed by atoms with E-state index < -0.39 is 0 Å². The van der Waals surface area contributed by atoms with Crippen LogP contribution >= 0.6 is 0 Å². The standard InChI is InChI=1S/C12H18N4O/c1-14-12(17)10-3-2-9(13)8-11(10)16-6-4-15-5-7-16/h2-3,8,15H,4-7,13H2,1H3,(H,14,17). The summed E-state index contributed by atoms with van der Waals surface area (Å²) < 4.78 is 0. The number of anilines is 2. The number of nitrogens with one attached hydrogen (secondary N) is 2. The van der Waals surface area contributed by atoms with E-state index in [0.717, 1.165) is 31.9 Å². The van der Waals surface area contributed by atoms with Crippen molar-refractivity contribution in [1.29, 1.82) is 0 Å². The quantitative estimate of drug-likeness (QED) is 0.632. The van der Waals surface area contributed by atoms with Gasteiger partial charge in [-0.25, -0.2) is 0 Å². The first-order valence-electron chi connectivity index (χ1n) is 5.79. The smallest absolute Gasteiger partial charge is 0.253 e. The molecule has 0 radical (unpaired) electrons. The van der Waals surface area contributed by atoms with Crippen molar-refractivity contribution >= 4 is 17.3 Å². The van der Waals surface area contributed by atoms with Crippen LogP contribution in [0.1, 0.15) is 10.4 Å². The molecule has 5 heteroatoms. The van der Waals surface area contributed by atoms with Gasteiger partial charge in [-0.05, 0) is 18.2 Å². The van der Waals surface area contributed by atoms with E-state index in [-0.39, 0.29) is 5.91 Å². The highest BCUT2D eigenvalue weighted by Gasteiger charge is 2.17. The van der Waals surface area contributed by atoms with Crippen molar-refractivity contribution in [2.45, 2.75) is 0 Å². The maximum Gasteiger partial charge on any atom is 0.253 e. The summed E-state index contributed by atoms with van der Waals surface area (Å²) in [5.74, 6) is -0.0708. The van der Waals surface area contributed by atoms with Gasteiger partial charge < -0.3 is 21.3 Å². The first kappa shape index (κ1) is 11.7. The second-order valence-corrected chi connectivity index (χ2v) is 4.09. The zero-order valence-electron chi connectivity index (χ0n) is 9.99. The highest BCUT2D eigenvalue weighted by Crippen LogP contribution is 2.24. The van der Waals surface area contributed by atoms with E-state index in [4.69, 9.17) is 5.73 Å². The van der Waals surface area contributed by atoms with Crippen LogP contribution in [0.5, 0.6) is 0 Å². The Bertz CT molecular complexity index is 413. The number of carbonyl (C=O) groups excluding carboxylic acids is 1. The molecule has 1 amide bonds. The Morgan fingerprint density at radius 3 is 2.76 bits per heavy atom. The summed E-state index contributed by atoms with van der Waals surface area (Å²) in [5.41, 5.74) is 8.09. The SMILES string of the molecule is CNC(=O)c1ccc(N)cc1N1CCNCC1. The molecule has 0 aromatic heterocycles. The van der Waals surface area contributed by atoms with Gasteiger partial charge >= 0.3 is 0 Å². The van der Waals surface area contributed by atoms with Gasteiger partial charge in [0.15, 0.2) is 0 Å². The lowest BCUT2D eigenvalue weighted by molar-refractivity contribution is 0.0963. The molecule has 4 N–H and O–H groups in total. The summed E-state index contributed by atoms with van der Waals surface area (Å²) in [6, 6.07) is 5.41. The average molecular weight is 234 g/mol. The van der Waals surface area contributed by atoms with E-state index in [9.17, 15) is 4.79 Å². The molecule has 0 unspecified atom stereocenters. The minimum atomic E-state index is -0.0708. The van der Waals surface area contributed by atoms with Crippen molar-refractivity contribution in [3.8, 4) is 0 Å². The molecule has 1 aromatic carbocycles. The number of hydrogen-bond acceptors (Lipinski definition) is 4. The molecule has 0 saturated carbocycles. The van der Waals surface area contributed by atoms with Crippen molar-refractivity contribution < 1.29 is 4.79 Å². The number of amides is 1. The monoisotopic (exact) mass is 234 g/mol. The van der Waals surface area contributed by atoms with Gasteiger partial charge in [0.05, 0.1) is 11.3 Å². The van der Waals surface area contributed by atoms with Crippen LogP contribution in [0.25, 0.3) is 0 Å². The number of benzene rings is 1. The molecule has 5 nitrogen and oxygen atoms in total. The molecule has 0 atom stereocenters. The fourth-order valence-corrected chi connectivity index (χ4v) is 2.04. The molecule has 1 fully saturated rings. The molecular weight excluding hydrogens is 216 g/mol. The highest BCUT2D eigenvalue weighted by molar-refractivity contribution is 6.00. The number of carbonyl (C=O) groups is 1. The largest absolute Gasteiger partial charge is 0.399 e. The zero-order valence-corrected chi connectivity index (χ0v) is 9.99. The molecule has 1 aliphatic rings. The molecule has 17 heavy (non-hydrogen) atoms. The van der Waals surface area contributed by atoms with Gasteiger partial charge in [0.2, 0.25) is 0 Å². The summed E-state index contributed by atoms with van der Waals surface area (Å²) in [4.78, 5) is 14.0. The molecule has 1 heterocycles. The summed E-state index contributed by atoms with van der Waals surface area (Å²) in [5, 5.41) is 5.95. The Morgan fingerprint density at radius 1 is 1.41 bits per heavy atom. The third kappa shape index (κ3) is 2.50. The van der Waals surface area contributed by atoms with E-state index in [2.05, 4.69) is 15.5 Å². The third-order valence-corrected chi connectivity index (χ3v) is 2.95. The predicted molar refractivity (Wildman–Crippen MR) is 69.3 cm³/mol. The summed E-state index contributed by atoms with van der Waals surface area (Å²) in [6.45, 7) is 3.66. The average Bonchev–Trinajstić information content (AvgIpc) is 2.39. The third-order valence-electron chi connectivity index (χ3n) is 2.95. The Morgan fingerprint density at radius 2 is 2.12 bits per heavy atom. The highest BCUT2D eigenvalue weighted by atomic mass is 16.1. The number of nitrogen functional groups attached to an aromatic ring is 1. The lowest BCUT2D eigenvalue weighted by Gasteiger charge is -2.31. The molecule has 2 rings (SSSR count). The normalized spacial score (nSPS) is 15.7. The van der Waals surface area contributed by atoms with Crippen molar-refractivity contribution in [3.63, 3.8) is 0 Å². The Hall–Kier alpha value is -1.75. The molecule has 1 aromatic rings. The second-order valence-electron chi connectivity index (χ2n) is 4.09. The molecule has 1 saturated heterocycles. The van der Waals surface area contributed by atoms with Gasteiger partial charge in [0.25, 0.3) is 5.91 Å². The maximum absolute atomic E-state index is 11.8. The minimum absolute atomic E-state index is 0.0708. The van der Waals surface area contributed by atoms with Gasteiger partial charge in [-0.1, -0.05) is 0 Å². The van der Waals surface area contributed by atoms with Gasteiger partial charge in [-0.3, -0.25) is 4.79 Å². The van der Waals surface area contributed by atoms with Crippen molar-refractivity contribution in [2.75, 3.05) is 43.9 Å². The van der Waals surface area contributed by atoms with E-state index in [0.29, 0.717) is 11.3 Å². The van der Waals surface area contributed by atoms with Crippen molar-refractivity contribution in [2.24, 2.45) is 0 Å². The Labute approximate surface area is 101 Å². The number of hydrogen-bond donors (Lipinski definition) is 3. The van der Waals surface area contributed by atoms with Crippen molar-refractivity contribution in [3.05, 3.63) is 23.8 Å². The fraction of sp³-hybridized carbons (Fsp3) is 0.417. The van der Waals surface area contributed by atoms with Crippen LogP contribution in [-0.4, -0.2) is 39.1 Å². The second kappa shape index (κ2) is 5.05. The molecule has 1 aliphatic heterocycles. The van der Waals surface area contributed by atoms with Crippen LogP contribution in [0.15, 0.2) is 18.2 Å². The number of nitrogens with zero attached hydrogens (tertiary/aromatic N) is 1. The first-order valence-corrected chi connectivity index (χ1v) is 5.79. The van der Waals surface area contributed by atoms with Gasteiger partial charge in [-0.15, -0.1) is 0 Å². The summed E-state index contributed by atoms with van der Waals surface area (Å²) in [7, 11) is 1.64. The van der Waals surface area contributed by atoms with Crippen LogP contribution in [0.3, 0.4) is 0 Å². The van der Waals surface area contributed by atoms with Crippen LogP contribution in [0.2, 0.25) is 0 Å². The predicted octanol–water partition coefficient (Wildman–Crippen LogP) is 0.0380. The molecule has 0 spiro atoms. The minimum Gasteiger partial charge on any atom is -0.399 e. The molecular formula is C12H18N4O. The van der Waals surface area contributed by atoms with Crippen LogP contribution < -0.4 is 21.3 Å². The Kier molecular flexibility index (Phi) is 3.49. The van der Waals surface area contributed by atoms with Crippen LogP contribution in [0.4, 0.5) is 11.4 Å². The van der Waals surface area contributed by atoms with Crippen molar-refractivity contribution in [1.82, 2.24) is 10.6 Å². The van der Waals surface area contributed by atoms with E-state index in [1.165, 1.54) is 0 Å². The van der Waals surface area contributed by atoms with E-state index in [1.54, 1.807) is 19.2 Å². The maximum atomic E-state index is 11.8. The first-order chi connectivity index (χ1) is 8.22. The zero-order chi connectivity index (χ0) is 12.3. The number of rotatable bonds is 2. The molecule has 0 aliphatic carbocycles. The Balaban J connectivity index is 2.35. The fourth-order valence-electron chi connectivity index (χ4n) is 2.04. The lowest BCUT2D eigenvalue weighted by atomic mass is 10.1. The molecule has 0 bridgehead atoms. The number of piperazine rings is 1.